The van der Waals surface area contributed by atoms with E-state index in [-0.39, 0.29) is 0 Å². The molecule has 0 amide bonds. The summed E-state index contributed by atoms with van der Waals surface area (Å²) >= 11 is 1.69. The van der Waals surface area contributed by atoms with Crippen LogP contribution in [0.1, 0.15) is 16.1 Å². The number of nitrogens with one attached hydrogen (secondary N) is 1. The number of thiazole rings is 1. The number of nitrogens with two attached hydrogens (primary N) is 1. The fourth-order valence-corrected chi connectivity index (χ4v) is 3.57. The summed E-state index contributed by atoms with van der Waals surface area (Å²) in [6.07, 6.45) is 4.55. The van der Waals surface area contributed by atoms with Crippen LogP contribution in [0.15, 0.2) is 48.7 Å². The Kier molecular flexibility index (Phi) is 4.91. The minimum absolute atomic E-state index is 0.711. The zero-order valence-corrected chi connectivity index (χ0v) is 14.3. The summed E-state index contributed by atoms with van der Waals surface area (Å²) < 4.78 is 6.38. The van der Waals surface area contributed by atoms with E-state index in [1.807, 2.05) is 30.3 Å². The van der Waals surface area contributed by atoms with Crippen LogP contribution < -0.4 is 10.5 Å². The number of hydrogen-bond donors (Lipinski definition) is 2. The van der Waals surface area contributed by atoms with Gasteiger partial charge in [-0.2, -0.15) is 0 Å². The fourth-order valence-electron chi connectivity index (χ4n) is 2.57. The third kappa shape index (κ3) is 3.46. The topological polar surface area (TPSA) is 72.0 Å². The van der Waals surface area contributed by atoms with Gasteiger partial charge in [0.15, 0.2) is 0 Å². The quantitative estimate of drug-likeness (QED) is 0.667. The van der Waals surface area contributed by atoms with Crippen LogP contribution in [0.25, 0.3) is 15.8 Å². The molecule has 0 unspecified atom stereocenters. The standard InChI is InChI=1S/C19H19N3OS/c1-23-16-4-2-3-13(9-16)5-8-19-22-17-7-6-14(10-18(17)24-19)15(11-20)12-21/h2-4,6-7,9-12,20H,5,8,21H2,1H3/b15-12+,20-11?. The first-order valence-corrected chi connectivity index (χ1v) is 8.50. The summed E-state index contributed by atoms with van der Waals surface area (Å²) in [5.41, 5.74) is 9.46. The van der Waals surface area contributed by atoms with Crippen LogP contribution in [0.3, 0.4) is 0 Å². The van der Waals surface area contributed by atoms with Gasteiger partial charge >= 0.3 is 0 Å². The average molecular weight is 337 g/mol. The third-order valence-corrected chi connectivity index (χ3v) is 4.94. The molecule has 4 nitrogen and oxygen atoms in total. The summed E-state index contributed by atoms with van der Waals surface area (Å²) in [7, 11) is 1.68. The van der Waals surface area contributed by atoms with Crippen molar-refractivity contribution < 1.29 is 4.74 Å². The van der Waals surface area contributed by atoms with Gasteiger partial charge in [0.05, 0.1) is 22.3 Å². The van der Waals surface area contributed by atoms with Crippen LogP contribution in [0, 0.1) is 5.41 Å². The van der Waals surface area contributed by atoms with Crippen molar-refractivity contribution in [1.82, 2.24) is 4.98 Å². The highest BCUT2D eigenvalue weighted by atomic mass is 32.1. The predicted octanol–water partition coefficient (Wildman–Crippen LogP) is 4.04. The Morgan fingerprint density at radius 1 is 1.25 bits per heavy atom. The number of aromatic nitrogens is 1. The van der Waals surface area contributed by atoms with Crippen molar-refractivity contribution >= 4 is 33.3 Å². The Morgan fingerprint density at radius 3 is 2.88 bits per heavy atom. The van der Waals surface area contributed by atoms with Crippen molar-refractivity contribution in [2.75, 3.05) is 7.11 Å². The Labute approximate surface area is 145 Å². The largest absolute Gasteiger partial charge is 0.497 e. The number of nitrogens with zero attached hydrogens (tertiary/aromatic N) is 1. The van der Waals surface area contributed by atoms with E-state index >= 15 is 0 Å². The van der Waals surface area contributed by atoms with E-state index in [1.165, 1.54) is 18.0 Å². The summed E-state index contributed by atoms with van der Waals surface area (Å²) in [5, 5.41) is 8.52. The number of fused-ring (bicyclic) bond motifs is 1. The lowest BCUT2D eigenvalue weighted by Gasteiger charge is -2.03. The lowest BCUT2D eigenvalue weighted by Crippen LogP contribution is -1.91. The summed E-state index contributed by atoms with van der Waals surface area (Å²) in [5.74, 6) is 0.884. The van der Waals surface area contributed by atoms with E-state index in [9.17, 15) is 0 Å². The molecule has 5 heteroatoms. The van der Waals surface area contributed by atoms with Crippen LogP contribution in [0.2, 0.25) is 0 Å². The normalized spacial score (nSPS) is 11.6. The van der Waals surface area contributed by atoms with Crippen LogP contribution in [0.4, 0.5) is 0 Å². The maximum Gasteiger partial charge on any atom is 0.119 e. The first-order chi connectivity index (χ1) is 11.7. The van der Waals surface area contributed by atoms with Gasteiger partial charge in [-0.3, -0.25) is 0 Å². The van der Waals surface area contributed by atoms with Gasteiger partial charge in [0.1, 0.15) is 5.75 Å². The first-order valence-electron chi connectivity index (χ1n) is 7.68. The van der Waals surface area contributed by atoms with Crippen LogP contribution in [0.5, 0.6) is 5.75 Å². The van der Waals surface area contributed by atoms with Gasteiger partial charge in [0, 0.05) is 24.4 Å². The van der Waals surface area contributed by atoms with Gasteiger partial charge in [-0.25, -0.2) is 4.98 Å². The minimum atomic E-state index is 0.711. The molecule has 0 saturated carbocycles. The van der Waals surface area contributed by atoms with Crippen molar-refractivity contribution in [2.24, 2.45) is 5.73 Å². The lowest BCUT2D eigenvalue weighted by atomic mass is 10.1. The van der Waals surface area contributed by atoms with E-state index in [0.717, 1.165) is 39.4 Å². The molecule has 24 heavy (non-hydrogen) atoms. The second-order valence-electron chi connectivity index (χ2n) is 5.41. The van der Waals surface area contributed by atoms with E-state index in [2.05, 4.69) is 12.1 Å². The molecule has 0 aliphatic heterocycles. The molecule has 0 aliphatic rings. The molecular formula is C19H19N3OS. The van der Waals surface area contributed by atoms with E-state index < -0.39 is 0 Å². The molecule has 0 bridgehead atoms. The van der Waals surface area contributed by atoms with E-state index in [4.69, 9.17) is 20.9 Å². The number of aryl methyl sites for hydroxylation is 2. The summed E-state index contributed by atoms with van der Waals surface area (Å²) in [4.78, 5) is 4.70. The second kappa shape index (κ2) is 7.27. The second-order valence-corrected chi connectivity index (χ2v) is 6.52. The highest BCUT2D eigenvalue weighted by Crippen LogP contribution is 2.26. The van der Waals surface area contributed by atoms with Gasteiger partial charge in [0.25, 0.3) is 0 Å². The third-order valence-electron chi connectivity index (χ3n) is 3.86. The highest BCUT2D eigenvalue weighted by Gasteiger charge is 2.07. The van der Waals surface area contributed by atoms with Crippen LogP contribution in [-0.2, 0) is 12.8 Å². The maximum atomic E-state index is 7.41. The van der Waals surface area contributed by atoms with Gasteiger partial charge in [-0.15, -0.1) is 11.3 Å². The van der Waals surface area contributed by atoms with Crippen molar-refractivity contribution in [3.8, 4) is 5.75 Å². The number of ether oxygens (including phenoxy) is 1. The van der Waals surface area contributed by atoms with Gasteiger partial charge < -0.3 is 15.9 Å². The van der Waals surface area contributed by atoms with Crippen LogP contribution in [-0.4, -0.2) is 18.3 Å². The van der Waals surface area contributed by atoms with Crippen LogP contribution >= 0.6 is 11.3 Å². The molecule has 3 rings (SSSR count). The smallest absolute Gasteiger partial charge is 0.119 e. The average Bonchev–Trinajstić information content (AvgIpc) is 3.03. The molecule has 3 aromatic rings. The number of allylic oxidation sites excluding steroid dienone is 1. The van der Waals surface area contributed by atoms with E-state index in [0.29, 0.717) is 5.57 Å². The van der Waals surface area contributed by atoms with Gasteiger partial charge in [-0.1, -0.05) is 18.2 Å². The summed E-state index contributed by atoms with van der Waals surface area (Å²) in [6.45, 7) is 0. The molecule has 0 atom stereocenters. The molecular weight excluding hydrogens is 318 g/mol. The molecule has 0 fully saturated rings. The number of methoxy groups -OCH3 is 1. The monoisotopic (exact) mass is 337 g/mol. The molecule has 0 saturated heterocycles. The van der Waals surface area contributed by atoms with Crippen molar-refractivity contribution in [3.05, 3.63) is 64.8 Å². The van der Waals surface area contributed by atoms with E-state index in [1.54, 1.807) is 18.4 Å². The molecule has 0 aliphatic carbocycles. The minimum Gasteiger partial charge on any atom is -0.497 e. The Morgan fingerprint density at radius 2 is 2.12 bits per heavy atom. The number of benzene rings is 2. The zero-order valence-electron chi connectivity index (χ0n) is 13.5. The molecule has 122 valence electrons. The lowest BCUT2D eigenvalue weighted by molar-refractivity contribution is 0.414. The molecule has 1 aromatic heterocycles. The van der Waals surface area contributed by atoms with Gasteiger partial charge in [0.2, 0.25) is 0 Å². The maximum absolute atomic E-state index is 7.41. The Bertz CT molecular complexity index is 899. The Balaban J connectivity index is 1.79. The zero-order chi connectivity index (χ0) is 16.9. The first kappa shape index (κ1) is 16.2. The van der Waals surface area contributed by atoms with Crippen molar-refractivity contribution in [1.29, 1.82) is 5.41 Å². The molecule has 2 aromatic carbocycles. The molecule has 1 heterocycles. The Hall–Kier alpha value is -2.66. The highest BCUT2D eigenvalue weighted by molar-refractivity contribution is 7.18. The number of hydrogen-bond acceptors (Lipinski definition) is 5. The molecule has 0 spiro atoms. The molecule has 0 radical (unpaired) electrons. The fraction of sp³-hybridized carbons (Fsp3) is 0.158. The van der Waals surface area contributed by atoms with Gasteiger partial charge in [-0.05, 0) is 41.8 Å². The van der Waals surface area contributed by atoms with Crippen molar-refractivity contribution in [3.63, 3.8) is 0 Å². The van der Waals surface area contributed by atoms with Crippen molar-refractivity contribution in [2.45, 2.75) is 12.8 Å². The SMILES string of the molecule is COc1cccc(CCc2nc3ccc(/C(C=N)=C/N)cc3s2)c1. The summed E-state index contributed by atoms with van der Waals surface area (Å²) in [6, 6.07) is 14.1. The number of rotatable bonds is 6. The predicted molar refractivity (Wildman–Crippen MR) is 101 cm³/mol. The molecule has 3 N–H and O–H groups in total.